The minimum atomic E-state index is -4.05. The Hall–Kier alpha value is -1.80. The van der Waals surface area contributed by atoms with Crippen LogP contribution in [0, 0.1) is 0 Å². The number of anilines is 1. The third kappa shape index (κ3) is 3.85. The number of carbonyl (C=O) groups is 1. The Bertz CT molecular complexity index is 777. The molecule has 0 radical (unpaired) electrons. The molecule has 0 spiro atoms. The quantitative estimate of drug-likeness (QED) is 0.863. The van der Waals surface area contributed by atoms with Crippen LogP contribution in [0.15, 0.2) is 40.9 Å². The summed E-state index contributed by atoms with van der Waals surface area (Å²) in [5, 5.41) is 1.56. The van der Waals surface area contributed by atoms with Crippen LogP contribution >= 0.6 is 15.9 Å². The molecule has 0 aliphatic heterocycles. The molecular formula is C13H13BrN2O4S. The Morgan fingerprint density at radius 1 is 1.19 bits per heavy atom. The molecule has 112 valence electrons. The van der Waals surface area contributed by atoms with E-state index >= 15 is 0 Å². The van der Waals surface area contributed by atoms with E-state index < -0.39 is 16.3 Å². The number of hydrogen-bond donors (Lipinski definition) is 2. The normalized spacial score (nSPS) is 11.1. The zero-order valence-electron chi connectivity index (χ0n) is 11.1. The van der Waals surface area contributed by atoms with Gasteiger partial charge in [-0.3, -0.25) is 4.72 Å². The second-order valence-electron chi connectivity index (χ2n) is 4.07. The number of amides is 1. The van der Waals surface area contributed by atoms with Gasteiger partial charge in [0.05, 0.1) is 12.3 Å². The molecule has 0 saturated carbocycles. The molecule has 8 heteroatoms. The molecule has 0 aliphatic rings. The molecule has 21 heavy (non-hydrogen) atoms. The van der Waals surface area contributed by atoms with Crippen LogP contribution < -0.4 is 9.44 Å². The minimum absolute atomic E-state index is 0.0859. The summed E-state index contributed by atoms with van der Waals surface area (Å²) in [6.45, 7) is 1.67. The van der Waals surface area contributed by atoms with Crippen LogP contribution in [0.4, 0.5) is 10.5 Å². The number of benzene rings is 2. The molecule has 2 N–H and O–H groups in total. The largest absolute Gasteiger partial charge is 0.449 e. The van der Waals surface area contributed by atoms with Gasteiger partial charge in [-0.1, -0.05) is 40.2 Å². The molecule has 0 atom stereocenters. The van der Waals surface area contributed by atoms with E-state index in [0.717, 1.165) is 9.86 Å². The van der Waals surface area contributed by atoms with Gasteiger partial charge in [0, 0.05) is 9.86 Å². The van der Waals surface area contributed by atoms with Crippen LogP contribution in [0.3, 0.4) is 0 Å². The molecule has 0 aliphatic carbocycles. The van der Waals surface area contributed by atoms with Gasteiger partial charge in [0.15, 0.2) is 0 Å². The van der Waals surface area contributed by atoms with E-state index in [2.05, 4.69) is 25.4 Å². The fourth-order valence-electron chi connectivity index (χ4n) is 1.79. The fourth-order valence-corrected chi connectivity index (χ4v) is 3.07. The van der Waals surface area contributed by atoms with Gasteiger partial charge in [-0.2, -0.15) is 8.42 Å². The van der Waals surface area contributed by atoms with Crippen LogP contribution in [0.2, 0.25) is 0 Å². The average molecular weight is 373 g/mol. The van der Waals surface area contributed by atoms with Crippen LogP contribution in [0.5, 0.6) is 0 Å². The molecule has 1 amide bonds. The van der Waals surface area contributed by atoms with Gasteiger partial charge < -0.3 is 4.74 Å². The minimum Gasteiger partial charge on any atom is -0.449 e. The molecule has 0 saturated heterocycles. The van der Waals surface area contributed by atoms with Crippen molar-refractivity contribution in [3.8, 4) is 0 Å². The van der Waals surface area contributed by atoms with Crippen LogP contribution in [0.25, 0.3) is 10.8 Å². The highest BCUT2D eigenvalue weighted by Crippen LogP contribution is 2.30. The molecule has 0 heterocycles. The first-order valence-corrected chi connectivity index (χ1v) is 8.35. The van der Waals surface area contributed by atoms with E-state index in [1.165, 1.54) is 0 Å². The van der Waals surface area contributed by atoms with Crippen molar-refractivity contribution in [1.82, 2.24) is 4.72 Å². The third-order valence-corrected chi connectivity index (χ3v) is 4.22. The van der Waals surface area contributed by atoms with Crippen molar-refractivity contribution >= 4 is 48.7 Å². The first-order valence-electron chi connectivity index (χ1n) is 6.07. The van der Waals surface area contributed by atoms with Gasteiger partial charge in [0.2, 0.25) is 0 Å². The summed E-state index contributed by atoms with van der Waals surface area (Å²) in [6.07, 6.45) is -1.02. The van der Waals surface area contributed by atoms with Gasteiger partial charge in [0.25, 0.3) is 0 Å². The topological polar surface area (TPSA) is 84.5 Å². The van der Waals surface area contributed by atoms with E-state index in [0.29, 0.717) is 11.1 Å². The maximum atomic E-state index is 11.9. The predicted octanol–water partition coefficient (Wildman–Crippen LogP) is 3.01. The highest BCUT2D eigenvalue weighted by atomic mass is 79.9. The van der Waals surface area contributed by atoms with Crippen molar-refractivity contribution in [2.75, 3.05) is 11.3 Å². The van der Waals surface area contributed by atoms with Crippen LogP contribution in [-0.4, -0.2) is 21.1 Å². The van der Waals surface area contributed by atoms with Crippen LogP contribution in [0.1, 0.15) is 6.92 Å². The Kier molecular flexibility index (Phi) is 4.69. The molecular weight excluding hydrogens is 360 g/mol. The van der Waals surface area contributed by atoms with E-state index in [9.17, 15) is 13.2 Å². The van der Waals surface area contributed by atoms with Crippen LogP contribution in [-0.2, 0) is 14.9 Å². The van der Waals surface area contributed by atoms with E-state index in [4.69, 9.17) is 0 Å². The number of carbonyl (C=O) groups excluding carboxylic acids is 1. The van der Waals surface area contributed by atoms with Gasteiger partial charge in [-0.05, 0) is 24.4 Å². The number of fused-ring (bicyclic) bond motifs is 1. The van der Waals surface area contributed by atoms with Crippen molar-refractivity contribution < 1.29 is 17.9 Å². The Morgan fingerprint density at radius 3 is 2.52 bits per heavy atom. The number of rotatable bonds is 4. The van der Waals surface area contributed by atoms with Gasteiger partial charge in [-0.25, -0.2) is 9.52 Å². The first-order chi connectivity index (χ1) is 9.93. The number of ether oxygens (including phenoxy) is 1. The van der Waals surface area contributed by atoms with Crippen molar-refractivity contribution in [2.45, 2.75) is 6.92 Å². The first kappa shape index (κ1) is 15.6. The zero-order valence-corrected chi connectivity index (χ0v) is 13.5. The molecule has 6 nitrogen and oxygen atoms in total. The number of hydrogen-bond acceptors (Lipinski definition) is 4. The molecule has 2 rings (SSSR count). The Balaban J connectivity index is 2.32. The maximum Gasteiger partial charge on any atom is 0.422 e. The summed E-state index contributed by atoms with van der Waals surface area (Å²) < 4.78 is 33.2. The summed E-state index contributed by atoms with van der Waals surface area (Å²) >= 11 is 3.40. The lowest BCUT2D eigenvalue weighted by atomic mass is 10.1. The summed E-state index contributed by atoms with van der Waals surface area (Å²) in [5.41, 5.74) is 0.366. The number of nitrogens with one attached hydrogen (secondary N) is 2. The SMILES string of the molecule is CCOC(=O)NS(=O)(=O)Nc1ccc(Br)c2ccccc12. The summed E-state index contributed by atoms with van der Waals surface area (Å²) in [5.74, 6) is 0. The maximum absolute atomic E-state index is 11.9. The second-order valence-corrected chi connectivity index (χ2v) is 6.34. The standard InChI is InChI=1S/C13H13BrN2O4S/c1-2-20-13(17)16-21(18,19)15-12-8-7-11(14)9-5-3-4-6-10(9)12/h3-8,15H,2H2,1H3,(H,16,17). The van der Waals surface area contributed by atoms with Crippen molar-refractivity contribution in [3.63, 3.8) is 0 Å². The third-order valence-electron chi connectivity index (χ3n) is 2.61. The monoisotopic (exact) mass is 372 g/mol. The van der Waals surface area contributed by atoms with Gasteiger partial charge in [0.1, 0.15) is 0 Å². The molecule has 0 bridgehead atoms. The second kappa shape index (κ2) is 6.31. The molecule has 0 unspecified atom stereocenters. The lowest BCUT2D eigenvalue weighted by Gasteiger charge is -2.12. The van der Waals surface area contributed by atoms with Crippen molar-refractivity contribution in [2.24, 2.45) is 0 Å². The van der Waals surface area contributed by atoms with E-state index in [1.54, 1.807) is 35.9 Å². The fraction of sp³-hybridized carbons (Fsp3) is 0.154. The van der Waals surface area contributed by atoms with Crippen molar-refractivity contribution in [3.05, 3.63) is 40.9 Å². The Labute approximate surface area is 130 Å². The van der Waals surface area contributed by atoms with Gasteiger partial charge in [-0.15, -0.1) is 0 Å². The number of halogens is 1. The lowest BCUT2D eigenvalue weighted by Crippen LogP contribution is -2.35. The van der Waals surface area contributed by atoms with E-state index in [1.807, 2.05) is 12.1 Å². The Morgan fingerprint density at radius 2 is 1.86 bits per heavy atom. The lowest BCUT2D eigenvalue weighted by molar-refractivity contribution is 0.159. The zero-order chi connectivity index (χ0) is 15.5. The molecule has 2 aromatic rings. The summed E-state index contributed by atoms with van der Waals surface area (Å²) in [4.78, 5) is 11.2. The highest BCUT2D eigenvalue weighted by Gasteiger charge is 2.16. The predicted molar refractivity (Wildman–Crippen MR) is 84.3 cm³/mol. The molecule has 0 fully saturated rings. The average Bonchev–Trinajstić information content (AvgIpc) is 2.42. The van der Waals surface area contributed by atoms with Gasteiger partial charge >= 0.3 is 16.3 Å². The summed E-state index contributed by atoms with van der Waals surface area (Å²) in [7, 11) is -4.05. The summed E-state index contributed by atoms with van der Waals surface area (Å²) in [6, 6.07) is 10.6. The molecule has 2 aromatic carbocycles. The van der Waals surface area contributed by atoms with Crippen molar-refractivity contribution in [1.29, 1.82) is 0 Å². The molecule has 0 aromatic heterocycles. The van der Waals surface area contributed by atoms with E-state index in [-0.39, 0.29) is 6.61 Å². The highest BCUT2D eigenvalue weighted by molar-refractivity contribution is 9.10. The smallest absolute Gasteiger partial charge is 0.422 e.